The van der Waals surface area contributed by atoms with Gasteiger partial charge in [0.15, 0.2) is 12.5 Å². The number of fused-ring (bicyclic) bond motifs is 4. The second-order valence-corrected chi connectivity index (χ2v) is 2.96. The molecule has 0 saturated carbocycles. The molecule has 2 amide bonds. The third-order valence-electron chi connectivity index (χ3n) is 2.25. The van der Waals surface area contributed by atoms with Crippen molar-refractivity contribution in [3.63, 3.8) is 0 Å². The monoisotopic (exact) mass is 165 g/mol. The molecule has 5 heteroatoms. The fourth-order valence-electron chi connectivity index (χ4n) is 1.67. The Morgan fingerprint density at radius 3 is 3.58 bits per heavy atom. The molecule has 12 heavy (non-hydrogen) atoms. The summed E-state index contributed by atoms with van der Waals surface area (Å²) in [4.78, 5) is 16.9. The highest BCUT2D eigenvalue weighted by Crippen LogP contribution is 2.22. The highest BCUT2D eigenvalue weighted by molar-refractivity contribution is 6.08. The SMILES string of the molecule is O=C1NC2CN1C=C1OCN=C12. The molecule has 3 aliphatic heterocycles. The number of rotatable bonds is 0. The van der Waals surface area contributed by atoms with Gasteiger partial charge in [-0.05, 0) is 0 Å². The van der Waals surface area contributed by atoms with Gasteiger partial charge in [0.05, 0.1) is 18.8 Å². The molecule has 2 bridgehead atoms. The first kappa shape index (κ1) is 6.05. The van der Waals surface area contributed by atoms with Crippen molar-refractivity contribution in [2.45, 2.75) is 6.04 Å². The molecule has 3 heterocycles. The van der Waals surface area contributed by atoms with Crippen molar-refractivity contribution in [3.05, 3.63) is 12.0 Å². The molecule has 0 aliphatic carbocycles. The molecule has 1 unspecified atom stereocenters. The lowest BCUT2D eigenvalue weighted by atomic mass is 10.1. The van der Waals surface area contributed by atoms with E-state index >= 15 is 0 Å². The first-order valence-electron chi connectivity index (χ1n) is 3.81. The van der Waals surface area contributed by atoms with E-state index in [4.69, 9.17) is 4.74 Å². The summed E-state index contributed by atoms with van der Waals surface area (Å²) >= 11 is 0. The van der Waals surface area contributed by atoms with E-state index in [1.54, 1.807) is 11.1 Å². The van der Waals surface area contributed by atoms with Crippen LogP contribution in [0.5, 0.6) is 0 Å². The molecular formula is C7H7N3O2. The summed E-state index contributed by atoms with van der Waals surface area (Å²) in [5, 5.41) is 2.81. The highest BCUT2D eigenvalue weighted by atomic mass is 16.5. The van der Waals surface area contributed by atoms with E-state index < -0.39 is 0 Å². The van der Waals surface area contributed by atoms with Gasteiger partial charge in [0.25, 0.3) is 0 Å². The normalized spacial score (nSPS) is 30.5. The largest absolute Gasteiger partial charge is 0.468 e. The molecular weight excluding hydrogens is 158 g/mol. The van der Waals surface area contributed by atoms with Gasteiger partial charge >= 0.3 is 6.03 Å². The van der Waals surface area contributed by atoms with E-state index in [0.29, 0.717) is 13.3 Å². The van der Waals surface area contributed by atoms with Crippen LogP contribution in [0.25, 0.3) is 0 Å². The van der Waals surface area contributed by atoms with Gasteiger partial charge in [-0.1, -0.05) is 0 Å². The Morgan fingerprint density at radius 2 is 2.67 bits per heavy atom. The number of amides is 2. The minimum atomic E-state index is -0.0619. The average Bonchev–Trinajstić information content (AvgIpc) is 2.60. The number of hydrogen-bond acceptors (Lipinski definition) is 3. The number of carbonyl (C=O) groups excluding carboxylic acids is 1. The summed E-state index contributed by atoms with van der Waals surface area (Å²) < 4.78 is 5.21. The maximum atomic E-state index is 11.1. The van der Waals surface area contributed by atoms with Gasteiger partial charge in [0.1, 0.15) is 5.71 Å². The zero-order chi connectivity index (χ0) is 8.13. The van der Waals surface area contributed by atoms with Crippen molar-refractivity contribution in [2.75, 3.05) is 13.3 Å². The van der Waals surface area contributed by atoms with E-state index in [0.717, 1.165) is 11.5 Å². The number of nitrogens with zero attached hydrogens (tertiary/aromatic N) is 2. The molecule has 0 aromatic carbocycles. The molecule has 5 nitrogen and oxygen atoms in total. The van der Waals surface area contributed by atoms with Crippen molar-refractivity contribution in [1.82, 2.24) is 10.2 Å². The number of carbonyl (C=O) groups is 1. The molecule has 1 atom stereocenters. The second kappa shape index (κ2) is 1.80. The maximum absolute atomic E-state index is 11.1. The molecule has 3 aliphatic rings. The number of urea groups is 1. The van der Waals surface area contributed by atoms with Crippen LogP contribution in [-0.4, -0.2) is 36.0 Å². The lowest BCUT2D eigenvalue weighted by molar-refractivity contribution is 0.224. The first-order chi connectivity index (χ1) is 5.84. The Bertz CT molecular complexity index is 321. The third kappa shape index (κ3) is 0.585. The maximum Gasteiger partial charge on any atom is 0.322 e. The van der Waals surface area contributed by atoms with Gasteiger partial charge in [-0.2, -0.15) is 0 Å². The fourth-order valence-corrected chi connectivity index (χ4v) is 1.67. The van der Waals surface area contributed by atoms with Crippen molar-refractivity contribution >= 4 is 11.7 Å². The third-order valence-corrected chi connectivity index (χ3v) is 2.25. The molecule has 0 aromatic heterocycles. The van der Waals surface area contributed by atoms with Crippen LogP contribution >= 0.6 is 0 Å². The van der Waals surface area contributed by atoms with Crippen LogP contribution in [0.1, 0.15) is 0 Å². The molecule has 3 rings (SSSR count). The number of nitrogens with one attached hydrogen (secondary N) is 1. The molecule has 0 spiro atoms. The van der Waals surface area contributed by atoms with E-state index in [2.05, 4.69) is 10.3 Å². The summed E-state index contributed by atoms with van der Waals surface area (Å²) in [6, 6.07) is -0.0202. The van der Waals surface area contributed by atoms with Crippen LogP contribution in [-0.2, 0) is 4.74 Å². The van der Waals surface area contributed by atoms with E-state index in [9.17, 15) is 4.79 Å². The summed E-state index contributed by atoms with van der Waals surface area (Å²) in [6.45, 7) is 1.08. The summed E-state index contributed by atoms with van der Waals surface area (Å²) in [6.07, 6.45) is 1.71. The zero-order valence-corrected chi connectivity index (χ0v) is 6.28. The predicted molar refractivity (Wildman–Crippen MR) is 40.5 cm³/mol. The van der Waals surface area contributed by atoms with E-state index in [1.165, 1.54) is 0 Å². The molecule has 1 saturated heterocycles. The topological polar surface area (TPSA) is 53.9 Å². The standard InChI is InChI=1S/C7H7N3O2/c11-7-9-4-1-10(7)2-5-6(4)8-3-12-5/h2,4H,1,3H2,(H,9,11). The van der Waals surface area contributed by atoms with Crippen molar-refractivity contribution in [1.29, 1.82) is 0 Å². The average molecular weight is 165 g/mol. The predicted octanol–water partition coefficient (Wildman–Crippen LogP) is -0.336. The summed E-state index contributed by atoms with van der Waals surface area (Å²) in [5.74, 6) is 0.740. The van der Waals surface area contributed by atoms with Crippen LogP contribution in [0.2, 0.25) is 0 Å². The Labute approximate surface area is 68.7 Å². The Kier molecular flexibility index (Phi) is 0.905. The molecule has 0 radical (unpaired) electrons. The lowest BCUT2D eigenvalue weighted by Gasteiger charge is -2.16. The van der Waals surface area contributed by atoms with Gasteiger partial charge < -0.3 is 10.1 Å². The Morgan fingerprint density at radius 1 is 1.75 bits per heavy atom. The zero-order valence-electron chi connectivity index (χ0n) is 6.28. The van der Waals surface area contributed by atoms with Gasteiger partial charge in [0, 0.05) is 0 Å². The highest BCUT2D eigenvalue weighted by Gasteiger charge is 2.39. The number of hydrogen-bond donors (Lipinski definition) is 1. The van der Waals surface area contributed by atoms with E-state index in [-0.39, 0.29) is 12.1 Å². The van der Waals surface area contributed by atoms with Crippen LogP contribution in [0.4, 0.5) is 4.79 Å². The van der Waals surface area contributed by atoms with Gasteiger partial charge in [-0.25, -0.2) is 9.79 Å². The summed E-state index contributed by atoms with van der Waals surface area (Å²) in [5.41, 5.74) is 0.886. The van der Waals surface area contributed by atoms with Crippen LogP contribution < -0.4 is 5.32 Å². The Hall–Kier alpha value is -1.52. The van der Waals surface area contributed by atoms with Crippen molar-refractivity contribution in [3.8, 4) is 0 Å². The van der Waals surface area contributed by atoms with Crippen LogP contribution in [0.3, 0.4) is 0 Å². The minimum absolute atomic E-state index is 0.0417. The van der Waals surface area contributed by atoms with E-state index in [1.807, 2.05) is 0 Å². The minimum Gasteiger partial charge on any atom is -0.468 e. The second-order valence-electron chi connectivity index (χ2n) is 2.96. The first-order valence-corrected chi connectivity index (χ1v) is 3.81. The van der Waals surface area contributed by atoms with Crippen molar-refractivity contribution < 1.29 is 9.53 Å². The van der Waals surface area contributed by atoms with Gasteiger partial charge in [-0.3, -0.25) is 4.90 Å². The number of aliphatic imine (C=N–C) groups is 1. The molecule has 1 N–H and O–H groups in total. The lowest BCUT2D eigenvalue weighted by Crippen LogP contribution is -2.35. The molecule has 0 aromatic rings. The molecule has 62 valence electrons. The van der Waals surface area contributed by atoms with Crippen LogP contribution in [0.15, 0.2) is 17.0 Å². The summed E-state index contributed by atoms with van der Waals surface area (Å²) in [7, 11) is 0. The smallest absolute Gasteiger partial charge is 0.322 e. The quantitative estimate of drug-likeness (QED) is 0.534. The fraction of sp³-hybridized carbons (Fsp3) is 0.429. The molecule has 1 fully saturated rings. The Balaban J connectivity index is 2.10. The van der Waals surface area contributed by atoms with Crippen molar-refractivity contribution in [2.24, 2.45) is 4.99 Å². The van der Waals surface area contributed by atoms with Crippen LogP contribution in [0, 0.1) is 0 Å². The van der Waals surface area contributed by atoms with Gasteiger partial charge in [0.2, 0.25) is 0 Å². The number of ether oxygens (including phenoxy) is 1. The van der Waals surface area contributed by atoms with Gasteiger partial charge in [-0.15, -0.1) is 0 Å².